The Morgan fingerprint density at radius 1 is 1.16 bits per heavy atom. The highest BCUT2D eigenvalue weighted by molar-refractivity contribution is 9.10. The van der Waals surface area contributed by atoms with Crippen LogP contribution in [0, 0.1) is 0 Å². The third-order valence-electron chi connectivity index (χ3n) is 2.52. The lowest BCUT2D eigenvalue weighted by Crippen LogP contribution is -2.10. The number of halogens is 1. The molecular weight excluding hydrogens is 328 g/mol. The number of nitrogens with one attached hydrogen (secondary N) is 2. The summed E-state index contributed by atoms with van der Waals surface area (Å²) in [6.45, 7) is 0. The average molecular weight is 337 g/mol. The maximum Gasteiger partial charge on any atom is 0.159 e. The van der Waals surface area contributed by atoms with Gasteiger partial charge in [-0.05, 0) is 34.1 Å². The highest BCUT2D eigenvalue weighted by atomic mass is 79.9. The molecule has 1 aromatic carbocycles. The Hall–Kier alpha value is -1.77. The second kappa shape index (κ2) is 5.08. The maximum absolute atomic E-state index is 5.37. The summed E-state index contributed by atoms with van der Waals surface area (Å²) in [4.78, 5) is 12.4. The van der Waals surface area contributed by atoms with Crippen LogP contribution in [0.3, 0.4) is 0 Å². The van der Waals surface area contributed by atoms with Crippen molar-refractivity contribution in [1.29, 1.82) is 0 Å². The van der Waals surface area contributed by atoms with Gasteiger partial charge in [-0.1, -0.05) is 0 Å². The van der Waals surface area contributed by atoms with Crippen LogP contribution in [0.25, 0.3) is 10.2 Å². The Morgan fingerprint density at radius 2 is 2.00 bits per heavy atom. The van der Waals surface area contributed by atoms with Crippen LogP contribution in [-0.2, 0) is 0 Å². The maximum atomic E-state index is 5.37. The van der Waals surface area contributed by atoms with Gasteiger partial charge < -0.3 is 10.7 Å². The molecule has 8 heteroatoms. The molecule has 0 fully saturated rings. The van der Waals surface area contributed by atoms with E-state index in [1.807, 2.05) is 23.7 Å². The molecule has 2 aromatic heterocycles. The monoisotopic (exact) mass is 336 g/mol. The Morgan fingerprint density at radius 3 is 2.84 bits per heavy atom. The third kappa shape index (κ3) is 2.37. The SMILES string of the molecule is NNc1ncnc(Nc2ccc3ncsc3c2)c1Br. The predicted octanol–water partition coefficient (Wildman–Crippen LogP) is 2.88. The molecule has 96 valence electrons. The molecule has 0 aliphatic carbocycles. The van der Waals surface area contributed by atoms with Crippen molar-refractivity contribution in [3.63, 3.8) is 0 Å². The largest absolute Gasteiger partial charge is 0.339 e. The van der Waals surface area contributed by atoms with Crippen molar-refractivity contribution in [3.8, 4) is 0 Å². The molecule has 0 bridgehead atoms. The van der Waals surface area contributed by atoms with Gasteiger partial charge in [0.2, 0.25) is 0 Å². The fourth-order valence-corrected chi connectivity index (χ4v) is 2.76. The Labute approximate surface area is 121 Å². The first kappa shape index (κ1) is 12.3. The van der Waals surface area contributed by atoms with Gasteiger partial charge in [0.1, 0.15) is 16.6 Å². The van der Waals surface area contributed by atoms with E-state index in [-0.39, 0.29) is 0 Å². The number of nitrogens with zero attached hydrogens (tertiary/aromatic N) is 3. The molecule has 3 rings (SSSR count). The minimum atomic E-state index is 0.524. The first-order chi connectivity index (χ1) is 9.28. The van der Waals surface area contributed by atoms with Gasteiger partial charge in [0.15, 0.2) is 5.82 Å². The van der Waals surface area contributed by atoms with E-state index in [1.165, 1.54) is 6.33 Å². The van der Waals surface area contributed by atoms with Gasteiger partial charge in [0.25, 0.3) is 0 Å². The number of aromatic nitrogens is 3. The first-order valence-electron chi connectivity index (χ1n) is 5.35. The van der Waals surface area contributed by atoms with Crippen molar-refractivity contribution >= 4 is 54.8 Å². The summed E-state index contributed by atoms with van der Waals surface area (Å²) >= 11 is 5.00. The summed E-state index contributed by atoms with van der Waals surface area (Å²) in [7, 11) is 0. The molecule has 19 heavy (non-hydrogen) atoms. The number of anilines is 3. The second-order valence-corrected chi connectivity index (χ2v) is 5.37. The number of hydrogen-bond acceptors (Lipinski definition) is 7. The quantitative estimate of drug-likeness (QED) is 0.503. The number of thiazole rings is 1. The average Bonchev–Trinajstić information content (AvgIpc) is 2.88. The van der Waals surface area contributed by atoms with E-state index < -0.39 is 0 Å². The molecule has 3 aromatic rings. The van der Waals surface area contributed by atoms with Crippen LogP contribution in [0.1, 0.15) is 0 Å². The molecule has 2 heterocycles. The second-order valence-electron chi connectivity index (χ2n) is 3.69. The van der Waals surface area contributed by atoms with Gasteiger partial charge in [-0.3, -0.25) is 0 Å². The van der Waals surface area contributed by atoms with Crippen molar-refractivity contribution in [2.24, 2.45) is 5.84 Å². The van der Waals surface area contributed by atoms with E-state index >= 15 is 0 Å². The smallest absolute Gasteiger partial charge is 0.159 e. The molecule has 0 amide bonds. The fourth-order valence-electron chi connectivity index (χ4n) is 1.63. The summed E-state index contributed by atoms with van der Waals surface area (Å²) < 4.78 is 1.80. The van der Waals surface area contributed by atoms with Gasteiger partial charge in [0, 0.05) is 5.69 Å². The Balaban J connectivity index is 1.96. The summed E-state index contributed by atoms with van der Waals surface area (Å²) in [5.41, 5.74) is 6.24. The van der Waals surface area contributed by atoms with Crippen LogP contribution in [-0.4, -0.2) is 15.0 Å². The minimum absolute atomic E-state index is 0.524. The Bertz CT molecular complexity index is 728. The number of benzene rings is 1. The topological polar surface area (TPSA) is 88.8 Å². The third-order valence-corrected chi connectivity index (χ3v) is 4.06. The number of nitrogens with two attached hydrogens (primary N) is 1. The molecular formula is C11H9BrN6S. The van der Waals surface area contributed by atoms with Crippen LogP contribution >= 0.6 is 27.3 Å². The number of rotatable bonds is 3. The lowest BCUT2D eigenvalue weighted by molar-refractivity contribution is 1.12. The van der Waals surface area contributed by atoms with Crippen LogP contribution in [0.15, 0.2) is 34.5 Å². The van der Waals surface area contributed by atoms with Gasteiger partial charge in [-0.15, -0.1) is 11.3 Å². The van der Waals surface area contributed by atoms with E-state index in [2.05, 4.69) is 41.6 Å². The summed E-state index contributed by atoms with van der Waals surface area (Å²) in [6, 6.07) is 5.94. The van der Waals surface area contributed by atoms with Crippen LogP contribution < -0.4 is 16.6 Å². The summed E-state index contributed by atoms with van der Waals surface area (Å²) in [5, 5.41) is 3.21. The number of hydrazine groups is 1. The number of nitrogen functional groups attached to an aromatic ring is 1. The molecule has 0 saturated carbocycles. The van der Waals surface area contributed by atoms with Gasteiger partial charge in [-0.2, -0.15) is 0 Å². The Kier molecular flexibility index (Phi) is 3.28. The molecule has 0 saturated heterocycles. The number of fused-ring (bicyclic) bond motifs is 1. The fraction of sp³-hybridized carbons (Fsp3) is 0. The molecule has 0 radical (unpaired) electrons. The highest BCUT2D eigenvalue weighted by Crippen LogP contribution is 2.30. The lowest BCUT2D eigenvalue weighted by atomic mass is 10.3. The van der Waals surface area contributed by atoms with E-state index in [9.17, 15) is 0 Å². The zero-order chi connectivity index (χ0) is 13.2. The van der Waals surface area contributed by atoms with Crippen molar-refractivity contribution in [1.82, 2.24) is 15.0 Å². The zero-order valence-electron chi connectivity index (χ0n) is 9.59. The van der Waals surface area contributed by atoms with Crippen LogP contribution in [0.5, 0.6) is 0 Å². The van der Waals surface area contributed by atoms with Crippen LogP contribution in [0.2, 0.25) is 0 Å². The lowest BCUT2D eigenvalue weighted by Gasteiger charge is -2.09. The molecule has 0 spiro atoms. The normalized spacial score (nSPS) is 10.6. The molecule has 6 nitrogen and oxygen atoms in total. The van der Waals surface area contributed by atoms with E-state index in [0.717, 1.165) is 15.9 Å². The zero-order valence-corrected chi connectivity index (χ0v) is 12.0. The highest BCUT2D eigenvalue weighted by Gasteiger charge is 2.08. The van der Waals surface area contributed by atoms with Gasteiger partial charge in [0.05, 0.1) is 15.7 Å². The van der Waals surface area contributed by atoms with E-state index in [4.69, 9.17) is 5.84 Å². The van der Waals surface area contributed by atoms with Gasteiger partial charge >= 0.3 is 0 Å². The van der Waals surface area contributed by atoms with E-state index in [1.54, 1.807) is 11.3 Å². The molecule has 0 aliphatic rings. The van der Waals surface area contributed by atoms with Crippen LogP contribution in [0.4, 0.5) is 17.3 Å². The van der Waals surface area contributed by atoms with E-state index in [0.29, 0.717) is 16.1 Å². The van der Waals surface area contributed by atoms with Gasteiger partial charge in [-0.25, -0.2) is 20.8 Å². The molecule has 0 atom stereocenters. The molecule has 4 N–H and O–H groups in total. The standard InChI is InChI=1S/C11H9BrN6S/c12-9-10(14-4-15-11(9)18-13)17-6-1-2-7-8(3-6)19-5-16-7/h1-5H,13H2,(H2,14,15,17,18). The minimum Gasteiger partial charge on any atom is -0.339 e. The first-order valence-corrected chi connectivity index (χ1v) is 7.02. The van der Waals surface area contributed by atoms with Crippen molar-refractivity contribution in [2.75, 3.05) is 10.7 Å². The predicted molar refractivity (Wildman–Crippen MR) is 80.4 cm³/mol. The van der Waals surface area contributed by atoms with Crippen molar-refractivity contribution in [3.05, 3.63) is 34.5 Å². The summed E-state index contributed by atoms with van der Waals surface area (Å²) in [5.74, 6) is 6.54. The van der Waals surface area contributed by atoms with Crippen molar-refractivity contribution in [2.45, 2.75) is 0 Å². The molecule has 0 unspecified atom stereocenters. The molecule has 0 aliphatic heterocycles. The van der Waals surface area contributed by atoms with Crippen molar-refractivity contribution < 1.29 is 0 Å². The number of hydrogen-bond donors (Lipinski definition) is 3. The summed E-state index contributed by atoms with van der Waals surface area (Å²) in [6.07, 6.45) is 1.44.